The van der Waals surface area contributed by atoms with Crippen molar-refractivity contribution in [3.05, 3.63) is 36.9 Å². The molecule has 2 heterocycles. The van der Waals surface area contributed by atoms with Gasteiger partial charge in [-0.3, -0.25) is 9.36 Å². The van der Waals surface area contributed by atoms with Crippen LogP contribution in [0.4, 0.5) is 0 Å². The number of aromatic nitrogens is 3. The van der Waals surface area contributed by atoms with Gasteiger partial charge < -0.3 is 10.0 Å². The molecule has 26 heavy (non-hydrogen) atoms. The third-order valence-corrected chi connectivity index (χ3v) is 5.59. The Kier molecular flexibility index (Phi) is 5.98. The molecule has 0 aliphatic carbocycles. The zero-order valence-electron chi connectivity index (χ0n) is 15.0. The van der Waals surface area contributed by atoms with Crippen LogP contribution in [-0.4, -0.2) is 49.5 Å². The Morgan fingerprint density at radius 1 is 1.35 bits per heavy atom. The summed E-state index contributed by atoms with van der Waals surface area (Å²) in [6.07, 6.45) is 3.89. The van der Waals surface area contributed by atoms with Gasteiger partial charge in [0.2, 0.25) is 5.91 Å². The first kappa shape index (κ1) is 18.5. The van der Waals surface area contributed by atoms with Gasteiger partial charge in [0, 0.05) is 19.6 Å². The Labute approximate surface area is 157 Å². The number of amides is 1. The minimum atomic E-state index is 0.138. The number of thioether (sulfide) groups is 1. The fourth-order valence-corrected chi connectivity index (χ4v) is 3.88. The second-order valence-corrected chi connectivity index (χ2v) is 7.52. The second-order valence-electron chi connectivity index (χ2n) is 6.57. The van der Waals surface area contributed by atoms with Gasteiger partial charge in [-0.15, -0.1) is 16.8 Å². The molecule has 6 nitrogen and oxygen atoms in total. The summed E-state index contributed by atoms with van der Waals surface area (Å²) in [7, 11) is 0. The highest BCUT2D eigenvalue weighted by Gasteiger charge is 2.22. The average molecular weight is 372 g/mol. The van der Waals surface area contributed by atoms with Crippen LogP contribution in [0.25, 0.3) is 11.4 Å². The van der Waals surface area contributed by atoms with E-state index in [1.165, 1.54) is 11.8 Å². The number of carbonyl (C=O) groups is 1. The molecule has 1 aliphatic heterocycles. The van der Waals surface area contributed by atoms with Gasteiger partial charge in [-0.1, -0.05) is 36.9 Å². The number of aromatic hydroxyl groups is 1. The molecule has 1 amide bonds. The SMILES string of the molecule is C=CCn1c(SCC(=O)N2CCC(C)CC2)nnc1-c1ccccc1O. The van der Waals surface area contributed by atoms with E-state index in [1.807, 2.05) is 15.5 Å². The molecule has 138 valence electrons. The molecule has 0 bridgehead atoms. The second kappa shape index (κ2) is 8.40. The lowest BCUT2D eigenvalue weighted by Gasteiger charge is -2.30. The van der Waals surface area contributed by atoms with Crippen molar-refractivity contribution < 1.29 is 9.90 Å². The molecule has 1 aromatic heterocycles. The molecule has 3 rings (SSSR count). The van der Waals surface area contributed by atoms with Crippen LogP contribution in [-0.2, 0) is 11.3 Å². The quantitative estimate of drug-likeness (QED) is 0.623. The number of allylic oxidation sites excluding steroid dienone is 1. The maximum atomic E-state index is 12.5. The smallest absolute Gasteiger partial charge is 0.233 e. The van der Waals surface area contributed by atoms with Crippen LogP contribution >= 0.6 is 11.8 Å². The van der Waals surface area contributed by atoms with Gasteiger partial charge in [-0.2, -0.15) is 0 Å². The number of rotatable bonds is 6. The molecule has 1 aromatic carbocycles. The van der Waals surface area contributed by atoms with E-state index in [1.54, 1.807) is 24.3 Å². The van der Waals surface area contributed by atoms with Crippen LogP contribution in [0.15, 0.2) is 42.1 Å². The third kappa shape index (κ3) is 4.09. The summed E-state index contributed by atoms with van der Waals surface area (Å²) in [6, 6.07) is 7.03. The number of hydrogen-bond donors (Lipinski definition) is 1. The zero-order chi connectivity index (χ0) is 18.5. The Bertz CT molecular complexity index is 782. The standard InChI is InChI=1S/C19H24N4O2S/c1-3-10-23-18(15-6-4-5-7-16(15)24)20-21-19(23)26-13-17(25)22-11-8-14(2)9-12-22/h3-7,14,24H,1,8-13H2,2H3. The summed E-state index contributed by atoms with van der Waals surface area (Å²) in [5, 5.41) is 19.2. The summed E-state index contributed by atoms with van der Waals surface area (Å²) in [6.45, 7) is 8.20. The molecule has 1 aliphatic rings. The molecule has 0 unspecified atom stereocenters. The van der Waals surface area contributed by atoms with Crippen molar-refractivity contribution in [2.75, 3.05) is 18.8 Å². The number of carbonyl (C=O) groups excluding carboxylic acids is 1. The lowest BCUT2D eigenvalue weighted by atomic mass is 9.99. The van der Waals surface area contributed by atoms with Gasteiger partial charge in [-0.25, -0.2) is 0 Å². The maximum absolute atomic E-state index is 12.5. The summed E-state index contributed by atoms with van der Waals surface area (Å²) < 4.78 is 1.87. The molecule has 1 N–H and O–H groups in total. The van der Waals surface area contributed by atoms with Crippen LogP contribution in [0.5, 0.6) is 5.75 Å². The van der Waals surface area contributed by atoms with E-state index >= 15 is 0 Å². The zero-order valence-corrected chi connectivity index (χ0v) is 15.8. The number of phenolic OH excluding ortho intramolecular Hbond substituents is 1. The normalized spacial score (nSPS) is 15.2. The molecule has 7 heteroatoms. The van der Waals surface area contributed by atoms with Crippen molar-refractivity contribution in [2.24, 2.45) is 5.92 Å². The monoisotopic (exact) mass is 372 g/mol. The van der Waals surface area contributed by atoms with Gasteiger partial charge in [0.05, 0.1) is 11.3 Å². The van der Waals surface area contributed by atoms with Gasteiger partial charge in [0.25, 0.3) is 0 Å². The van der Waals surface area contributed by atoms with Crippen molar-refractivity contribution in [1.29, 1.82) is 0 Å². The van der Waals surface area contributed by atoms with Gasteiger partial charge in [-0.05, 0) is 30.9 Å². The van der Waals surface area contributed by atoms with E-state index in [9.17, 15) is 9.90 Å². The molecule has 1 saturated heterocycles. The minimum Gasteiger partial charge on any atom is -0.507 e. The number of para-hydroxylation sites is 1. The number of piperidine rings is 1. The first-order valence-electron chi connectivity index (χ1n) is 8.83. The minimum absolute atomic E-state index is 0.138. The molecular weight excluding hydrogens is 348 g/mol. The van der Waals surface area contributed by atoms with Crippen molar-refractivity contribution in [1.82, 2.24) is 19.7 Å². The number of nitrogens with zero attached hydrogens (tertiary/aromatic N) is 4. The molecule has 2 aromatic rings. The highest BCUT2D eigenvalue weighted by molar-refractivity contribution is 7.99. The first-order chi connectivity index (χ1) is 12.6. The van der Waals surface area contributed by atoms with Crippen molar-refractivity contribution in [2.45, 2.75) is 31.5 Å². The van der Waals surface area contributed by atoms with E-state index in [2.05, 4.69) is 23.7 Å². The summed E-state index contributed by atoms with van der Waals surface area (Å²) >= 11 is 1.38. The van der Waals surface area contributed by atoms with E-state index in [-0.39, 0.29) is 11.7 Å². The largest absolute Gasteiger partial charge is 0.507 e. The molecule has 0 atom stereocenters. The van der Waals surface area contributed by atoms with E-state index in [0.717, 1.165) is 25.9 Å². The maximum Gasteiger partial charge on any atom is 0.233 e. The Morgan fingerprint density at radius 3 is 2.77 bits per heavy atom. The number of phenols is 1. The first-order valence-corrected chi connectivity index (χ1v) is 9.81. The fourth-order valence-electron chi connectivity index (χ4n) is 3.03. The van der Waals surface area contributed by atoms with Crippen molar-refractivity contribution in [3.63, 3.8) is 0 Å². The number of likely N-dealkylation sites (tertiary alicyclic amines) is 1. The highest BCUT2D eigenvalue weighted by atomic mass is 32.2. The van der Waals surface area contributed by atoms with Crippen molar-refractivity contribution in [3.8, 4) is 17.1 Å². The summed E-state index contributed by atoms with van der Waals surface area (Å²) in [5.74, 6) is 1.90. The van der Waals surface area contributed by atoms with Crippen molar-refractivity contribution >= 4 is 17.7 Å². The van der Waals surface area contributed by atoms with Crippen LogP contribution in [0.2, 0.25) is 0 Å². The predicted octanol–water partition coefficient (Wildman–Crippen LogP) is 3.19. The van der Waals surface area contributed by atoms with E-state index < -0.39 is 0 Å². The predicted molar refractivity (Wildman–Crippen MR) is 103 cm³/mol. The lowest BCUT2D eigenvalue weighted by Crippen LogP contribution is -2.38. The van der Waals surface area contributed by atoms with E-state index in [4.69, 9.17) is 0 Å². The van der Waals surface area contributed by atoms with Gasteiger partial charge in [0.1, 0.15) is 5.75 Å². The number of hydrogen-bond acceptors (Lipinski definition) is 5. The number of benzene rings is 1. The topological polar surface area (TPSA) is 71.2 Å². The highest BCUT2D eigenvalue weighted by Crippen LogP contribution is 2.30. The van der Waals surface area contributed by atoms with Crippen LogP contribution < -0.4 is 0 Å². The fraction of sp³-hybridized carbons (Fsp3) is 0.421. The third-order valence-electron chi connectivity index (χ3n) is 4.63. The molecule has 0 radical (unpaired) electrons. The average Bonchev–Trinajstić information content (AvgIpc) is 3.03. The van der Waals surface area contributed by atoms with Gasteiger partial charge in [0.15, 0.2) is 11.0 Å². The Morgan fingerprint density at radius 2 is 2.08 bits per heavy atom. The lowest BCUT2D eigenvalue weighted by molar-refractivity contribution is -0.129. The van der Waals surface area contributed by atoms with Crippen LogP contribution in [0.3, 0.4) is 0 Å². The van der Waals surface area contributed by atoms with E-state index in [0.29, 0.717) is 34.8 Å². The summed E-state index contributed by atoms with van der Waals surface area (Å²) in [5.41, 5.74) is 0.616. The van der Waals surface area contributed by atoms with Crippen LogP contribution in [0, 0.1) is 5.92 Å². The molecule has 0 saturated carbocycles. The molecule has 1 fully saturated rings. The molecular formula is C19H24N4O2S. The molecule has 0 spiro atoms. The Hall–Kier alpha value is -2.28. The van der Waals surface area contributed by atoms with Crippen LogP contribution in [0.1, 0.15) is 19.8 Å². The summed E-state index contributed by atoms with van der Waals surface area (Å²) in [4.78, 5) is 14.4. The van der Waals surface area contributed by atoms with Gasteiger partial charge >= 0.3 is 0 Å². The Balaban J connectivity index is 1.73.